The summed E-state index contributed by atoms with van der Waals surface area (Å²) < 4.78 is 12.6. The van der Waals surface area contributed by atoms with Crippen molar-refractivity contribution in [2.75, 3.05) is 14.2 Å². The fourth-order valence-electron chi connectivity index (χ4n) is 2.77. The second-order valence-electron chi connectivity index (χ2n) is 6.21. The fourth-order valence-corrected chi connectivity index (χ4v) is 3.71. The van der Waals surface area contributed by atoms with E-state index in [4.69, 9.17) is 9.47 Å². The van der Waals surface area contributed by atoms with Crippen LogP contribution in [-0.2, 0) is 6.54 Å². The summed E-state index contributed by atoms with van der Waals surface area (Å²) in [6.45, 7) is 6.35. The van der Waals surface area contributed by atoms with E-state index < -0.39 is 0 Å². The number of ketones is 1. The number of hydrogen-bond donors (Lipinski definition) is 0. The van der Waals surface area contributed by atoms with Crippen LogP contribution >= 0.6 is 11.8 Å². The van der Waals surface area contributed by atoms with Crippen LogP contribution in [-0.4, -0.2) is 40.0 Å². The third-order valence-electron chi connectivity index (χ3n) is 4.32. The lowest BCUT2D eigenvalue weighted by atomic mass is 10.1. The van der Waals surface area contributed by atoms with Crippen LogP contribution < -0.4 is 9.47 Å². The Balaban J connectivity index is 1.78. The van der Waals surface area contributed by atoms with Crippen LogP contribution in [0, 0.1) is 0 Å². The Bertz CT molecular complexity index is 814. The summed E-state index contributed by atoms with van der Waals surface area (Å²) in [6.07, 6.45) is 4.14. The smallest absolute Gasteiger partial charge is 0.192 e. The lowest BCUT2D eigenvalue weighted by Gasteiger charge is -2.13. The molecule has 1 aliphatic rings. The van der Waals surface area contributed by atoms with Crippen LogP contribution in [0.2, 0.25) is 0 Å². The second-order valence-corrected chi connectivity index (χ2v) is 7.52. The molecule has 6 nitrogen and oxygen atoms in total. The molecule has 1 saturated carbocycles. The van der Waals surface area contributed by atoms with Crippen LogP contribution in [0.25, 0.3) is 0 Å². The molecule has 0 bridgehead atoms. The first-order valence-electron chi connectivity index (χ1n) is 8.56. The van der Waals surface area contributed by atoms with E-state index in [1.165, 1.54) is 11.8 Å². The molecule has 138 valence electrons. The normalized spacial score (nSPS) is 14.7. The number of hydrogen-bond acceptors (Lipinski definition) is 6. The monoisotopic (exact) mass is 373 g/mol. The van der Waals surface area contributed by atoms with Crippen molar-refractivity contribution in [2.45, 2.75) is 42.6 Å². The quantitative estimate of drug-likeness (QED) is 0.379. The van der Waals surface area contributed by atoms with Crippen molar-refractivity contribution < 1.29 is 14.3 Å². The summed E-state index contributed by atoms with van der Waals surface area (Å²) >= 11 is 1.42. The minimum absolute atomic E-state index is 0.0112. The molecule has 1 aliphatic carbocycles. The highest BCUT2D eigenvalue weighted by Gasteiger charge is 2.31. The van der Waals surface area contributed by atoms with Crippen LogP contribution in [0.3, 0.4) is 0 Å². The Morgan fingerprint density at radius 3 is 2.69 bits per heavy atom. The molecule has 1 aromatic heterocycles. The number of carbonyl (C=O) groups excluding carboxylic acids is 1. The van der Waals surface area contributed by atoms with Gasteiger partial charge < -0.3 is 14.0 Å². The molecule has 26 heavy (non-hydrogen) atoms. The average Bonchev–Trinajstić information content (AvgIpc) is 3.44. The van der Waals surface area contributed by atoms with Gasteiger partial charge in [0.1, 0.15) is 5.82 Å². The zero-order valence-corrected chi connectivity index (χ0v) is 16.1. The number of benzene rings is 1. The van der Waals surface area contributed by atoms with Crippen LogP contribution in [0.5, 0.6) is 11.5 Å². The lowest BCUT2D eigenvalue weighted by molar-refractivity contribution is 0.0993. The van der Waals surface area contributed by atoms with E-state index in [9.17, 15) is 4.79 Å². The fraction of sp³-hybridized carbons (Fsp3) is 0.421. The third kappa shape index (κ3) is 3.77. The summed E-state index contributed by atoms with van der Waals surface area (Å²) in [7, 11) is 3.13. The molecule has 0 saturated heterocycles. The Kier molecular flexibility index (Phi) is 5.66. The molecule has 0 amide bonds. The first-order valence-corrected chi connectivity index (χ1v) is 9.43. The van der Waals surface area contributed by atoms with E-state index in [0.29, 0.717) is 29.5 Å². The number of Topliss-reactive ketones (excluding diaryl/α,β-unsaturated/α-hetero) is 1. The van der Waals surface area contributed by atoms with E-state index in [2.05, 4.69) is 21.3 Å². The van der Waals surface area contributed by atoms with E-state index in [1.54, 1.807) is 32.4 Å². The molecule has 1 fully saturated rings. The number of aromatic nitrogens is 3. The number of nitrogens with zero attached hydrogens (tertiary/aromatic N) is 3. The van der Waals surface area contributed by atoms with Gasteiger partial charge in [0, 0.05) is 18.0 Å². The average molecular weight is 373 g/mol. The van der Waals surface area contributed by atoms with E-state index in [-0.39, 0.29) is 11.0 Å². The van der Waals surface area contributed by atoms with E-state index >= 15 is 0 Å². The van der Waals surface area contributed by atoms with Gasteiger partial charge >= 0.3 is 0 Å². The van der Waals surface area contributed by atoms with Gasteiger partial charge in [-0.05, 0) is 38.0 Å². The van der Waals surface area contributed by atoms with Crippen molar-refractivity contribution in [2.24, 2.45) is 0 Å². The van der Waals surface area contributed by atoms with Crippen molar-refractivity contribution in [3.05, 3.63) is 42.2 Å². The Morgan fingerprint density at radius 1 is 1.35 bits per heavy atom. The minimum Gasteiger partial charge on any atom is -0.493 e. The predicted molar refractivity (Wildman–Crippen MR) is 101 cm³/mol. The van der Waals surface area contributed by atoms with Gasteiger partial charge in [-0.2, -0.15) is 0 Å². The predicted octanol–water partition coefficient (Wildman–Crippen LogP) is 3.72. The minimum atomic E-state index is -0.298. The summed E-state index contributed by atoms with van der Waals surface area (Å²) in [4.78, 5) is 12.8. The van der Waals surface area contributed by atoms with Gasteiger partial charge in [-0.3, -0.25) is 4.79 Å². The van der Waals surface area contributed by atoms with Gasteiger partial charge in [0.2, 0.25) is 0 Å². The van der Waals surface area contributed by atoms with Crippen molar-refractivity contribution in [1.82, 2.24) is 14.8 Å². The maximum atomic E-state index is 12.8. The Labute approximate surface area is 157 Å². The van der Waals surface area contributed by atoms with Gasteiger partial charge in [-0.1, -0.05) is 17.8 Å². The van der Waals surface area contributed by atoms with Gasteiger partial charge in [-0.25, -0.2) is 0 Å². The van der Waals surface area contributed by atoms with E-state index in [1.807, 2.05) is 13.0 Å². The molecule has 0 spiro atoms. The summed E-state index contributed by atoms with van der Waals surface area (Å²) in [6, 6.07) is 5.21. The first kappa shape index (κ1) is 18.5. The topological polar surface area (TPSA) is 66.2 Å². The van der Waals surface area contributed by atoms with Crippen LogP contribution in [0.1, 0.15) is 41.9 Å². The highest BCUT2D eigenvalue weighted by molar-refractivity contribution is 8.00. The molecular formula is C19H23N3O3S. The second kappa shape index (κ2) is 7.95. The molecule has 0 aliphatic heterocycles. The summed E-state index contributed by atoms with van der Waals surface area (Å²) in [5, 5.41) is 9.09. The standard InChI is InChI=1S/C19H23N3O3S/c1-5-10-22-18(13-6-7-13)20-21-19(22)26-12(2)17(23)14-8-9-15(24-3)16(11-14)25-4/h5,8-9,11-13H,1,6-7,10H2,2-4H3/t12-/m1/s1. The molecule has 1 aromatic carbocycles. The molecule has 0 unspecified atom stereocenters. The van der Waals surface area contributed by atoms with Gasteiger partial charge in [-0.15, -0.1) is 16.8 Å². The van der Waals surface area contributed by atoms with E-state index in [0.717, 1.165) is 23.8 Å². The highest BCUT2D eigenvalue weighted by Crippen LogP contribution is 2.40. The zero-order valence-electron chi connectivity index (χ0n) is 15.3. The zero-order chi connectivity index (χ0) is 18.7. The molecular weight excluding hydrogens is 350 g/mol. The van der Waals surface area contributed by atoms with Crippen LogP contribution in [0.4, 0.5) is 0 Å². The van der Waals surface area contributed by atoms with Gasteiger partial charge in [0.05, 0.1) is 19.5 Å². The maximum Gasteiger partial charge on any atom is 0.192 e. The molecule has 2 aromatic rings. The maximum absolute atomic E-state index is 12.8. The highest BCUT2D eigenvalue weighted by atomic mass is 32.2. The molecule has 3 rings (SSSR count). The largest absolute Gasteiger partial charge is 0.493 e. The number of methoxy groups -OCH3 is 2. The molecule has 0 N–H and O–H groups in total. The number of allylic oxidation sites excluding steroid dienone is 1. The van der Waals surface area contributed by atoms with Crippen molar-refractivity contribution in [3.8, 4) is 11.5 Å². The number of rotatable bonds is 9. The van der Waals surface area contributed by atoms with Crippen molar-refractivity contribution >= 4 is 17.5 Å². The molecule has 1 atom stereocenters. The first-order chi connectivity index (χ1) is 12.6. The summed E-state index contributed by atoms with van der Waals surface area (Å²) in [5.74, 6) is 2.65. The Morgan fingerprint density at radius 2 is 2.08 bits per heavy atom. The number of thioether (sulfide) groups is 1. The number of ether oxygens (including phenoxy) is 2. The number of carbonyl (C=O) groups is 1. The van der Waals surface area contributed by atoms with Crippen molar-refractivity contribution in [1.29, 1.82) is 0 Å². The van der Waals surface area contributed by atoms with Gasteiger partial charge in [0.15, 0.2) is 22.4 Å². The van der Waals surface area contributed by atoms with Crippen LogP contribution in [0.15, 0.2) is 36.0 Å². The van der Waals surface area contributed by atoms with Crippen molar-refractivity contribution in [3.63, 3.8) is 0 Å². The molecule has 7 heteroatoms. The summed E-state index contributed by atoms with van der Waals surface area (Å²) in [5.41, 5.74) is 0.583. The molecule has 0 radical (unpaired) electrons. The third-order valence-corrected chi connectivity index (χ3v) is 5.40. The molecule has 1 heterocycles. The lowest BCUT2D eigenvalue weighted by Crippen LogP contribution is -2.15. The Hall–Kier alpha value is -2.28. The SMILES string of the molecule is C=CCn1c(S[C@H](C)C(=O)c2ccc(OC)c(OC)c2)nnc1C1CC1. The van der Waals surface area contributed by atoms with Gasteiger partial charge in [0.25, 0.3) is 0 Å².